The fourth-order valence-electron chi connectivity index (χ4n) is 2.62. The van der Waals surface area contributed by atoms with Gasteiger partial charge in [-0.2, -0.15) is 0 Å². The molecule has 7 heteroatoms. The Morgan fingerprint density at radius 1 is 1.11 bits per heavy atom. The van der Waals surface area contributed by atoms with Crippen LogP contribution in [0.15, 0.2) is 34.6 Å². The van der Waals surface area contributed by atoms with Crippen LogP contribution in [0.5, 0.6) is 17.2 Å². The highest BCUT2D eigenvalue weighted by atomic mass is 32.1. The van der Waals surface area contributed by atoms with Crippen LogP contribution < -0.4 is 24.8 Å². The van der Waals surface area contributed by atoms with Crippen molar-refractivity contribution in [3.05, 3.63) is 34.5 Å². The fourth-order valence-corrected chi connectivity index (χ4v) is 3.46. The molecule has 0 amide bonds. The number of benzene rings is 1. The van der Waals surface area contributed by atoms with E-state index < -0.39 is 0 Å². The molecule has 1 aromatic heterocycles. The summed E-state index contributed by atoms with van der Waals surface area (Å²) in [6, 6.07) is 7.95. The molecule has 1 aromatic carbocycles. The Morgan fingerprint density at radius 2 is 1.78 bits per heavy atom. The summed E-state index contributed by atoms with van der Waals surface area (Å²) in [7, 11) is 4.79. The molecule has 0 aliphatic rings. The summed E-state index contributed by atoms with van der Waals surface area (Å²) in [4.78, 5) is 6.09. The molecule has 0 fully saturated rings. The normalized spacial score (nSPS) is 11.9. The van der Waals surface area contributed by atoms with E-state index in [1.165, 1.54) is 4.88 Å². The second-order valence-electron chi connectivity index (χ2n) is 6.60. The zero-order valence-corrected chi connectivity index (χ0v) is 17.7. The maximum atomic E-state index is 5.42. The molecule has 2 rings (SSSR count). The van der Waals surface area contributed by atoms with Gasteiger partial charge in [0.05, 0.1) is 27.9 Å². The van der Waals surface area contributed by atoms with Gasteiger partial charge < -0.3 is 24.8 Å². The number of ether oxygens (including phenoxy) is 3. The summed E-state index contributed by atoms with van der Waals surface area (Å²) < 4.78 is 16.2. The molecule has 0 aliphatic heterocycles. The SMILES string of the molecule is CCNC(=NCC(C)(C)c1cccs1)Nc1cc(OC)c(OC)c(OC)c1. The van der Waals surface area contributed by atoms with Crippen LogP contribution in [0.25, 0.3) is 0 Å². The smallest absolute Gasteiger partial charge is 0.203 e. The highest BCUT2D eigenvalue weighted by molar-refractivity contribution is 7.10. The van der Waals surface area contributed by atoms with Crippen molar-refractivity contribution in [1.29, 1.82) is 0 Å². The number of hydrogen-bond acceptors (Lipinski definition) is 5. The molecule has 0 saturated carbocycles. The van der Waals surface area contributed by atoms with Crippen LogP contribution in [0.3, 0.4) is 0 Å². The summed E-state index contributed by atoms with van der Waals surface area (Å²) >= 11 is 1.76. The molecule has 0 bridgehead atoms. The standard InChI is InChI=1S/C20H29N3O3S/c1-7-21-19(22-13-20(2,3)17-9-8-10-27-17)23-14-11-15(24-4)18(26-6)16(12-14)25-5/h8-12H,7,13H2,1-6H3,(H2,21,22,23). The maximum Gasteiger partial charge on any atom is 0.203 e. The third-order valence-corrected chi connectivity index (χ3v) is 5.33. The summed E-state index contributed by atoms with van der Waals surface area (Å²) in [6.07, 6.45) is 0. The molecule has 27 heavy (non-hydrogen) atoms. The highest BCUT2D eigenvalue weighted by Crippen LogP contribution is 2.39. The van der Waals surface area contributed by atoms with Gasteiger partial charge in [-0.1, -0.05) is 19.9 Å². The highest BCUT2D eigenvalue weighted by Gasteiger charge is 2.21. The van der Waals surface area contributed by atoms with Gasteiger partial charge >= 0.3 is 0 Å². The zero-order chi connectivity index (χ0) is 19.9. The Hall–Kier alpha value is -2.41. The van der Waals surface area contributed by atoms with Gasteiger partial charge in [-0.15, -0.1) is 11.3 Å². The first-order chi connectivity index (χ1) is 12.9. The van der Waals surface area contributed by atoms with Crippen LogP contribution >= 0.6 is 11.3 Å². The van der Waals surface area contributed by atoms with Crippen LogP contribution in [0, 0.1) is 0 Å². The van der Waals surface area contributed by atoms with E-state index in [2.05, 4.69) is 42.0 Å². The van der Waals surface area contributed by atoms with E-state index in [4.69, 9.17) is 19.2 Å². The van der Waals surface area contributed by atoms with E-state index >= 15 is 0 Å². The number of anilines is 1. The number of hydrogen-bond donors (Lipinski definition) is 2. The van der Waals surface area contributed by atoms with Gasteiger partial charge in [-0.05, 0) is 18.4 Å². The quantitative estimate of drug-likeness (QED) is 0.523. The van der Waals surface area contributed by atoms with Crippen molar-refractivity contribution in [3.8, 4) is 17.2 Å². The van der Waals surface area contributed by atoms with Gasteiger partial charge in [-0.25, -0.2) is 0 Å². The van der Waals surface area contributed by atoms with Gasteiger partial charge in [0.2, 0.25) is 5.75 Å². The molecular weight excluding hydrogens is 362 g/mol. The topological polar surface area (TPSA) is 64.1 Å². The number of methoxy groups -OCH3 is 3. The van der Waals surface area contributed by atoms with Crippen molar-refractivity contribution in [3.63, 3.8) is 0 Å². The first-order valence-electron chi connectivity index (χ1n) is 8.84. The molecule has 0 aliphatic carbocycles. The van der Waals surface area contributed by atoms with Crippen molar-refractivity contribution in [1.82, 2.24) is 5.32 Å². The van der Waals surface area contributed by atoms with E-state index in [1.807, 2.05) is 19.1 Å². The Morgan fingerprint density at radius 3 is 2.26 bits per heavy atom. The summed E-state index contributed by atoms with van der Waals surface area (Å²) in [5.41, 5.74) is 0.768. The Bertz CT molecular complexity index is 733. The fraction of sp³-hybridized carbons (Fsp3) is 0.450. The van der Waals surface area contributed by atoms with Gasteiger partial charge in [0, 0.05) is 34.7 Å². The first-order valence-corrected chi connectivity index (χ1v) is 9.72. The van der Waals surface area contributed by atoms with Gasteiger partial charge in [-0.3, -0.25) is 4.99 Å². The molecule has 0 unspecified atom stereocenters. The number of guanidine groups is 1. The van der Waals surface area contributed by atoms with Gasteiger partial charge in [0.1, 0.15) is 0 Å². The molecule has 1 heterocycles. The Kier molecular flexibility index (Phi) is 7.36. The lowest BCUT2D eigenvalue weighted by Crippen LogP contribution is -2.32. The van der Waals surface area contributed by atoms with Crippen molar-refractivity contribution in [2.24, 2.45) is 4.99 Å². The molecule has 2 N–H and O–H groups in total. The minimum Gasteiger partial charge on any atom is -0.493 e. The van der Waals surface area contributed by atoms with Crippen LogP contribution in [-0.4, -0.2) is 40.4 Å². The van der Waals surface area contributed by atoms with Crippen LogP contribution in [-0.2, 0) is 5.41 Å². The van der Waals surface area contributed by atoms with E-state index in [0.717, 1.165) is 12.2 Å². The lowest BCUT2D eigenvalue weighted by atomic mass is 9.92. The Balaban J connectivity index is 2.25. The molecule has 2 aromatic rings. The molecule has 0 spiro atoms. The predicted molar refractivity (Wildman–Crippen MR) is 113 cm³/mol. The largest absolute Gasteiger partial charge is 0.493 e. The number of nitrogens with one attached hydrogen (secondary N) is 2. The van der Waals surface area contributed by atoms with E-state index in [1.54, 1.807) is 32.7 Å². The van der Waals surface area contributed by atoms with Crippen molar-refractivity contribution in [2.75, 3.05) is 39.7 Å². The maximum absolute atomic E-state index is 5.42. The van der Waals surface area contributed by atoms with E-state index in [0.29, 0.717) is 29.8 Å². The lowest BCUT2D eigenvalue weighted by Gasteiger charge is -2.22. The van der Waals surface area contributed by atoms with Crippen molar-refractivity contribution >= 4 is 23.0 Å². The molecule has 0 atom stereocenters. The number of rotatable bonds is 8. The first kappa shape index (κ1) is 20.9. The second-order valence-corrected chi connectivity index (χ2v) is 7.54. The Labute approximate surface area is 165 Å². The summed E-state index contributed by atoms with van der Waals surface area (Å²) in [5, 5.41) is 8.70. The lowest BCUT2D eigenvalue weighted by molar-refractivity contribution is 0.324. The van der Waals surface area contributed by atoms with Gasteiger partial charge in [0.25, 0.3) is 0 Å². The zero-order valence-electron chi connectivity index (χ0n) is 16.9. The third-order valence-electron chi connectivity index (χ3n) is 4.09. The van der Waals surface area contributed by atoms with Crippen LogP contribution in [0.2, 0.25) is 0 Å². The summed E-state index contributed by atoms with van der Waals surface area (Å²) in [6.45, 7) is 7.86. The minimum atomic E-state index is -0.0359. The number of nitrogens with zero attached hydrogens (tertiary/aromatic N) is 1. The van der Waals surface area contributed by atoms with Gasteiger partial charge in [0.15, 0.2) is 17.5 Å². The van der Waals surface area contributed by atoms with E-state index in [-0.39, 0.29) is 5.41 Å². The van der Waals surface area contributed by atoms with Crippen molar-refractivity contribution < 1.29 is 14.2 Å². The molecule has 6 nitrogen and oxygen atoms in total. The van der Waals surface area contributed by atoms with Crippen molar-refractivity contribution in [2.45, 2.75) is 26.2 Å². The molecule has 0 radical (unpaired) electrons. The number of thiophene rings is 1. The molecule has 148 valence electrons. The minimum absolute atomic E-state index is 0.0359. The number of aliphatic imine (C=N–C) groups is 1. The monoisotopic (exact) mass is 391 g/mol. The average Bonchev–Trinajstić information content (AvgIpc) is 3.21. The molecule has 0 saturated heterocycles. The van der Waals surface area contributed by atoms with E-state index in [9.17, 15) is 0 Å². The van der Waals surface area contributed by atoms with Crippen LogP contribution in [0.4, 0.5) is 5.69 Å². The van der Waals surface area contributed by atoms with Crippen LogP contribution in [0.1, 0.15) is 25.6 Å². The average molecular weight is 392 g/mol. The summed E-state index contributed by atoms with van der Waals surface area (Å²) in [5.74, 6) is 2.45. The third kappa shape index (κ3) is 5.29. The second kappa shape index (κ2) is 9.50. The molecular formula is C20H29N3O3S. The predicted octanol–water partition coefficient (Wildman–Crippen LogP) is 4.13.